The van der Waals surface area contributed by atoms with Gasteiger partial charge in [-0.05, 0) is 17.7 Å². The Hall–Kier alpha value is -2.90. The van der Waals surface area contributed by atoms with Crippen molar-refractivity contribution in [2.45, 2.75) is 18.5 Å². The minimum Gasteiger partial charge on any atom is -0.468 e. The molecule has 4 rings (SSSR count). The number of non-ortho nitro benzene ring substituents is 1. The number of carbonyl (C=O) groups is 1. The van der Waals surface area contributed by atoms with Gasteiger partial charge >= 0.3 is 5.97 Å². The molecule has 0 fully saturated rings. The highest BCUT2D eigenvalue weighted by Crippen LogP contribution is 2.38. The van der Waals surface area contributed by atoms with Crippen molar-refractivity contribution in [3.05, 3.63) is 74.4 Å². The van der Waals surface area contributed by atoms with Gasteiger partial charge < -0.3 is 9.72 Å². The van der Waals surface area contributed by atoms with Gasteiger partial charge in [-0.15, -0.1) is 0 Å². The van der Waals surface area contributed by atoms with Gasteiger partial charge in [-0.1, -0.05) is 29.8 Å². The monoisotopic (exact) mass is 385 g/mol. The van der Waals surface area contributed by atoms with Crippen molar-refractivity contribution in [1.82, 2.24) is 10.3 Å². The lowest BCUT2D eigenvalue weighted by Crippen LogP contribution is -2.45. The van der Waals surface area contributed by atoms with E-state index in [-0.39, 0.29) is 5.69 Å². The highest BCUT2D eigenvalue weighted by Gasteiger charge is 2.35. The van der Waals surface area contributed by atoms with Gasteiger partial charge in [0.25, 0.3) is 5.69 Å². The second-order valence-electron chi connectivity index (χ2n) is 6.41. The molecule has 2 heterocycles. The third-order valence-corrected chi connectivity index (χ3v) is 5.24. The Bertz CT molecular complexity index is 1060. The van der Waals surface area contributed by atoms with E-state index in [2.05, 4.69) is 10.3 Å². The Balaban J connectivity index is 1.91. The number of hydrogen-bond acceptors (Lipinski definition) is 5. The minimum atomic E-state index is -0.581. The maximum atomic E-state index is 12.2. The quantitative estimate of drug-likeness (QED) is 0.408. The van der Waals surface area contributed by atoms with Crippen LogP contribution in [-0.2, 0) is 16.0 Å². The maximum absolute atomic E-state index is 12.2. The number of H-pyrrole nitrogens is 1. The van der Waals surface area contributed by atoms with Crippen LogP contribution in [0.1, 0.15) is 22.9 Å². The molecule has 0 spiro atoms. The largest absolute Gasteiger partial charge is 0.468 e. The minimum absolute atomic E-state index is 0.0611. The molecule has 1 aliphatic heterocycles. The van der Waals surface area contributed by atoms with Crippen LogP contribution >= 0.6 is 11.6 Å². The smallest absolute Gasteiger partial charge is 0.323 e. The highest BCUT2D eigenvalue weighted by molar-refractivity contribution is 6.31. The van der Waals surface area contributed by atoms with Gasteiger partial charge in [0, 0.05) is 45.7 Å². The molecule has 1 aromatic heterocycles. The summed E-state index contributed by atoms with van der Waals surface area (Å²) in [4.78, 5) is 26.4. The number of benzene rings is 2. The van der Waals surface area contributed by atoms with Crippen LogP contribution in [0.3, 0.4) is 0 Å². The van der Waals surface area contributed by atoms with Crippen LogP contribution in [0, 0.1) is 10.1 Å². The fourth-order valence-corrected chi connectivity index (χ4v) is 3.87. The molecule has 1 aliphatic rings. The van der Waals surface area contributed by atoms with Crippen molar-refractivity contribution < 1.29 is 14.5 Å². The standard InChI is InChI=1S/C19H16ClN3O4/c1-27-19(24)16-9-12-11-4-2-3-5-15(11)21-17(12)18(22-16)13-8-10(23(25)26)6-7-14(13)20/h2-8,16,18,21-22H,9H2,1H3. The number of rotatable bonds is 3. The van der Waals surface area contributed by atoms with E-state index in [1.807, 2.05) is 24.3 Å². The number of nitrogens with one attached hydrogen (secondary N) is 2. The zero-order valence-electron chi connectivity index (χ0n) is 14.4. The van der Waals surface area contributed by atoms with Crippen molar-refractivity contribution in [3.8, 4) is 0 Å². The van der Waals surface area contributed by atoms with Crippen LogP contribution < -0.4 is 5.32 Å². The van der Waals surface area contributed by atoms with Gasteiger partial charge in [0.2, 0.25) is 0 Å². The Kier molecular flexibility index (Phi) is 4.33. The van der Waals surface area contributed by atoms with Crippen molar-refractivity contribution >= 4 is 34.2 Å². The number of halogens is 1. The van der Waals surface area contributed by atoms with E-state index >= 15 is 0 Å². The van der Waals surface area contributed by atoms with Crippen LogP contribution in [0.2, 0.25) is 5.02 Å². The SMILES string of the molecule is COC(=O)C1Cc2c([nH]c3ccccc23)C(c2cc([N+](=O)[O-])ccc2Cl)N1. The van der Waals surface area contributed by atoms with E-state index in [0.29, 0.717) is 17.0 Å². The van der Waals surface area contributed by atoms with Crippen molar-refractivity contribution in [1.29, 1.82) is 0 Å². The average Bonchev–Trinajstić information content (AvgIpc) is 3.05. The maximum Gasteiger partial charge on any atom is 0.323 e. The number of fused-ring (bicyclic) bond motifs is 3. The Morgan fingerprint density at radius 1 is 1.30 bits per heavy atom. The summed E-state index contributed by atoms with van der Waals surface area (Å²) in [6, 6.07) is 11.0. The average molecular weight is 386 g/mol. The molecular weight excluding hydrogens is 370 g/mol. The predicted octanol–water partition coefficient (Wildman–Crippen LogP) is 3.51. The van der Waals surface area contributed by atoms with Crippen molar-refractivity contribution in [3.63, 3.8) is 0 Å². The predicted molar refractivity (Wildman–Crippen MR) is 101 cm³/mol. The molecule has 0 saturated heterocycles. The first-order valence-electron chi connectivity index (χ1n) is 8.36. The second kappa shape index (κ2) is 6.68. The molecule has 3 aromatic rings. The molecule has 8 heteroatoms. The van der Waals surface area contributed by atoms with Crippen LogP contribution in [0.4, 0.5) is 5.69 Å². The van der Waals surface area contributed by atoms with E-state index < -0.39 is 23.0 Å². The van der Waals surface area contributed by atoms with Gasteiger partial charge in [-0.3, -0.25) is 20.2 Å². The van der Waals surface area contributed by atoms with E-state index in [0.717, 1.165) is 22.2 Å². The first-order valence-corrected chi connectivity index (χ1v) is 8.74. The van der Waals surface area contributed by atoms with E-state index in [4.69, 9.17) is 16.3 Å². The summed E-state index contributed by atoms with van der Waals surface area (Å²) in [6.07, 6.45) is 0.453. The number of nitro groups is 1. The number of carbonyl (C=O) groups excluding carboxylic acids is 1. The normalized spacial score (nSPS) is 18.9. The number of nitro benzene ring substituents is 1. The number of esters is 1. The number of aromatic amines is 1. The van der Waals surface area contributed by atoms with Gasteiger partial charge in [0.05, 0.1) is 18.1 Å². The molecule has 0 aliphatic carbocycles. The number of nitrogens with zero attached hydrogens (tertiary/aromatic N) is 1. The number of aromatic nitrogens is 1. The third-order valence-electron chi connectivity index (χ3n) is 4.90. The number of methoxy groups -OCH3 is 1. The summed E-state index contributed by atoms with van der Waals surface area (Å²) in [7, 11) is 1.34. The Morgan fingerprint density at radius 3 is 2.81 bits per heavy atom. The summed E-state index contributed by atoms with van der Waals surface area (Å²) < 4.78 is 4.92. The molecular formula is C19H16ClN3O4. The van der Waals surface area contributed by atoms with Gasteiger partial charge in [0.1, 0.15) is 6.04 Å². The molecule has 7 nitrogen and oxygen atoms in total. The number of ether oxygens (including phenoxy) is 1. The first kappa shape index (κ1) is 17.5. The molecule has 2 unspecified atom stereocenters. The fraction of sp³-hybridized carbons (Fsp3) is 0.211. The summed E-state index contributed by atoms with van der Waals surface area (Å²) in [6.45, 7) is 0. The molecule has 0 saturated carbocycles. The van der Waals surface area contributed by atoms with Gasteiger partial charge in [0.15, 0.2) is 0 Å². The van der Waals surface area contributed by atoms with Crippen LogP contribution in [0.25, 0.3) is 10.9 Å². The van der Waals surface area contributed by atoms with Gasteiger partial charge in [-0.2, -0.15) is 0 Å². The highest BCUT2D eigenvalue weighted by atomic mass is 35.5. The zero-order chi connectivity index (χ0) is 19.1. The molecule has 27 heavy (non-hydrogen) atoms. The molecule has 2 atom stereocenters. The van der Waals surface area contributed by atoms with Crippen LogP contribution in [0.15, 0.2) is 42.5 Å². The first-order chi connectivity index (χ1) is 13.0. The zero-order valence-corrected chi connectivity index (χ0v) is 15.1. The third kappa shape index (κ3) is 2.94. The van der Waals surface area contributed by atoms with Crippen LogP contribution in [0.5, 0.6) is 0 Å². The topological polar surface area (TPSA) is 97.3 Å². The molecule has 0 radical (unpaired) electrons. The lowest BCUT2D eigenvalue weighted by atomic mass is 9.90. The molecule has 2 N–H and O–H groups in total. The summed E-state index contributed by atoms with van der Waals surface area (Å²) in [5, 5.41) is 15.8. The Morgan fingerprint density at radius 2 is 2.07 bits per heavy atom. The lowest BCUT2D eigenvalue weighted by Gasteiger charge is -2.30. The summed E-state index contributed by atoms with van der Waals surface area (Å²) in [5.74, 6) is -0.391. The Labute approximate surface area is 159 Å². The van der Waals surface area contributed by atoms with Gasteiger partial charge in [-0.25, -0.2) is 0 Å². The number of hydrogen-bond donors (Lipinski definition) is 2. The summed E-state index contributed by atoms with van der Waals surface area (Å²) in [5.41, 5.74) is 3.23. The van der Waals surface area contributed by atoms with Crippen LogP contribution in [-0.4, -0.2) is 29.0 Å². The van der Waals surface area contributed by atoms with Crippen molar-refractivity contribution in [2.75, 3.05) is 7.11 Å². The molecule has 0 bridgehead atoms. The summed E-state index contributed by atoms with van der Waals surface area (Å²) >= 11 is 6.37. The van der Waals surface area contributed by atoms with E-state index in [1.165, 1.54) is 25.3 Å². The van der Waals surface area contributed by atoms with E-state index in [1.54, 1.807) is 0 Å². The molecule has 2 aromatic carbocycles. The fourth-order valence-electron chi connectivity index (χ4n) is 3.64. The molecule has 138 valence electrons. The number of para-hydroxylation sites is 1. The van der Waals surface area contributed by atoms with E-state index in [9.17, 15) is 14.9 Å². The second-order valence-corrected chi connectivity index (χ2v) is 6.81. The van der Waals surface area contributed by atoms with Crippen molar-refractivity contribution in [2.24, 2.45) is 0 Å². The lowest BCUT2D eigenvalue weighted by molar-refractivity contribution is -0.384. The molecule has 0 amide bonds.